The van der Waals surface area contributed by atoms with Crippen molar-refractivity contribution in [3.05, 3.63) is 67.2 Å². The zero-order valence-corrected chi connectivity index (χ0v) is 14.0. The van der Waals surface area contributed by atoms with Gasteiger partial charge in [0.2, 0.25) is 0 Å². The third-order valence-electron chi connectivity index (χ3n) is 3.46. The minimum atomic E-state index is -0.417. The average Bonchev–Trinajstić information content (AvgIpc) is 2.43. The second kappa shape index (κ2) is 6.27. The molecular formula is C16H15BrN2O3. The topological polar surface area (TPSA) is 72.2 Å². The lowest BCUT2D eigenvalue weighted by Crippen LogP contribution is -2.14. The normalized spacial score (nSPS) is 10.4. The Morgan fingerprint density at radius 3 is 2.27 bits per heavy atom. The SMILES string of the molecule is Cc1cc(C)c([N+](=O)[O-])c(C)c1NC(=O)c1ccc(Br)cc1. The van der Waals surface area contributed by atoms with E-state index in [1.165, 1.54) is 0 Å². The van der Waals surface area contributed by atoms with Gasteiger partial charge in [0.15, 0.2) is 0 Å². The predicted molar refractivity (Wildman–Crippen MR) is 89.4 cm³/mol. The summed E-state index contributed by atoms with van der Waals surface area (Å²) in [5, 5.41) is 14.0. The first-order valence-corrected chi connectivity index (χ1v) is 7.42. The fourth-order valence-electron chi connectivity index (χ4n) is 2.44. The molecule has 22 heavy (non-hydrogen) atoms. The first kappa shape index (κ1) is 16.2. The summed E-state index contributed by atoms with van der Waals surface area (Å²) < 4.78 is 0.877. The van der Waals surface area contributed by atoms with Gasteiger partial charge in [-0.3, -0.25) is 14.9 Å². The summed E-state index contributed by atoms with van der Waals surface area (Å²) in [5.74, 6) is -0.295. The predicted octanol–water partition coefficient (Wildman–Crippen LogP) is 4.53. The molecule has 0 aliphatic carbocycles. The number of benzene rings is 2. The number of rotatable bonds is 3. The summed E-state index contributed by atoms with van der Waals surface area (Å²) in [7, 11) is 0. The second-order valence-corrected chi connectivity index (χ2v) is 5.99. The number of carbonyl (C=O) groups excluding carboxylic acids is 1. The third-order valence-corrected chi connectivity index (χ3v) is 3.99. The van der Waals surface area contributed by atoms with Crippen LogP contribution < -0.4 is 5.32 Å². The Labute approximate surface area is 136 Å². The first-order valence-electron chi connectivity index (χ1n) is 6.63. The van der Waals surface area contributed by atoms with Gasteiger partial charge in [-0.25, -0.2) is 0 Å². The van der Waals surface area contributed by atoms with E-state index in [9.17, 15) is 14.9 Å². The van der Waals surface area contributed by atoms with Crippen molar-refractivity contribution in [2.24, 2.45) is 0 Å². The maximum absolute atomic E-state index is 12.3. The summed E-state index contributed by atoms with van der Waals surface area (Å²) in [4.78, 5) is 23.1. The largest absolute Gasteiger partial charge is 0.321 e. The molecule has 0 saturated heterocycles. The van der Waals surface area contributed by atoms with Gasteiger partial charge >= 0.3 is 0 Å². The Hall–Kier alpha value is -2.21. The van der Waals surface area contributed by atoms with Crippen LogP contribution in [0, 0.1) is 30.9 Å². The van der Waals surface area contributed by atoms with Crippen LogP contribution in [0.3, 0.4) is 0 Å². The fourth-order valence-corrected chi connectivity index (χ4v) is 2.70. The minimum absolute atomic E-state index is 0.0386. The highest BCUT2D eigenvalue weighted by molar-refractivity contribution is 9.10. The molecule has 114 valence electrons. The number of anilines is 1. The van der Waals surface area contributed by atoms with E-state index in [2.05, 4.69) is 21.2 Å². The van der Waals surface area contributed by atoms with Crippen molar-refractivity contribution in [2.45, 2.75) is 20.8 Å². The molecule has 5 nitrogen and oxygen atoms in total. The van der Waals surface area contributed by atoms with E-state index in [1.807, 2.05) is 6.92 Å². The molecule has 1 amide bonds. The summed E-state index contributed by atoms with van der Waals surface area (Å²) in [6.45, 7) is 5.16. The van der Waals surface area contributed by atoms with E-state index < -0.39 is 4.92 Å². The Bertz CT molecular complexity index is 755. The minimum Gasteiger partial charge on any atom is -0.321 e. The van der Waals surface area contributed by atoms with Gasteiger partial charge in [0.1, 0.15) is 0 Å². The highest BCUT2D eigenvalue weighted by Crippen LogP contribution is 2.32. The number of nitrogens with one attached hydrogen (secondary N) is 1. The van der Waals surface area contributed by atoms with Crippen LogP contribution >= 0.6 is 15.9 Å². The quantitative estimate of drug-likeness (QED) is 0.643. The van der Waals surface area contributed by atoms with E-state index in [0.29, 0.717) is 22.4 Å². The highest BCUT2D eigenvalue weighted by atomic mass is 79.9. The van der Waals surface area contributed by atoms with Crippen molar-refractivity contribution < 1.29 is 9.72 Å². The van der Waals surface area contributed by atoms with Crippen LogP contribution in [-0.4, -0.2) is 10.8 Å². The lowest BCUT2D eigenvalue weighted by molar-refractivity contribution is -0.386. The van der Waals surface area contributed by atoms with Crippen LogP contribution in [0.4, 0.5) is 11.4 Å². The van der Waals surface area contributed by atoms with Crippen LogP contribution in [-0.2, 0) is 0 Å². The van der Waals surface area contributed by atoms with E-state index in [1.54, 1.807) is 44.2 Å². The molecule has 0 aliphatic rings. The molecule has 0 unspecified atom stereocenters. The Morgan fingerprint density at radius 2 is 1.73 bits per heavy atom. The number of nitro groups is 1. The van der Waals surface area contributed by atoms with E-state index in [-0.39, 0.29) is 11.6 Å². The molecule has 0 heterocycles. The molecule has 2 rings (SSSR count). The third kappa shape index (κ3) is 3.17. The zero-order valence-electron chi connectivity index (χ0n) is 12.4. The van der Waals surface area contributed by atoms with Crippen molar-refractivity contribution in [2.75, 3.05) is 5.32 Å². The van der Waals surface area contributed by atoms with Gasteiger partial charge in [-0.15, -0.1) is 0 Å². The summed E-state index contributed by atoms with van der Waals surface area (Å²) in [5.41, 5.74) is 2.87. The summed E-state index contributed by atoms with van der Waals surface area (Å²) in [6.07, 6.45) is 0. The van der Waals surface area contributed by atoms with Crippen molar-refractivity contribution in [3.63, 3.8) is 0 Å². The molecular weight excluding hydrogens is 348 g/mol. The van der Waals surface area contributed by atoms with Gasteiger partial charge in [0, 0.05) is 15.6 Å². The van der Waals surface area contributed by atoms with Crippen LogP contribution in [0.15, 0.2) is 34.8 Å². The number of hydrogen-bond donors (Lipinski definition) is 1. The van der Waals surface area contributed by atoms with Gasteiger partial charge in [-0.1, -0.05) is 15.9 Å². The van der Waals surface area contributed by atoms with Crippen molar-refractivity contribution in [3.8, 4) is 0 Å². The van der Waals surface area contributed by atoms with Crippen molar-refractivity contribution in [1.29, 1.82) is 0 Å². The van der Waals surface area contributed by atoms with Crippen LogP contribution in [0.1, 0.15) is 27.0 Å². The molecule has 0 fully saturated rings. The van der Waals surface area contributed by atoms with E-state index in [4.69, 9.17) is 0 Å². The van der Waals surface area contributed by atoms with Crippen LogP contribution in [0.25, 0.3) is 0 Å². The molecule has 0 radical (unpaired) electrons. The first-order chi connectivity index (χ1) is 10.3. The Balaban J connectivity index is 2.41. The summed E-state index contributed by atoms with van der Waals surface area (Å²) in [6, 6.07) is 8.63. The van der Waals surface area contributed by atoms with Gasteiger partial charge in [0.05, 0.1) is 16.2 Å². The lowest BCUT2D eigenvalue weighted by atomic mass is 10.0. The van der Waals surface area contributed by atoms with E-state index in [0.717, 1.165) is 10.0 Å². The standard InChI is InChI=1S/C16H15BrN2O3/c1-9-8-10(2)15(19(21)22)11(3)14(9)18-16(20)12-4-6-13(17)7-5-12/h4-8H,1-3H3,(H,18,20). The molecule has 2 aromatic carbocycles. The number of carbonyl (C=O) groups is 1. The highest BCUT2D eigenvalue weighted by Gasteiger charge is 2.21. The van der Waals surface area contributed by atoms with Gasteiger partial charge < -0.3 is 5.32 Å². The Kier molecular flexibility index (Phi) is 4.61. The van der Waals surface area contributed by atoms with Crippen molar-refractivity contribution >= 4 is 33.2 Å². The zero-order chi connectivity index (χ0) is 16.4. The molecule has 0 aliphatic heterocycles. The molecule has 0 spiro atoms. The number of halogens is 1. The number of nitro benzene ring substituents is 1. The monoisotopic (exact) mass is 362 g/mol. The number of nitrogens with zero attached hydrogens (tertiary/aromatic N) is 1. The van der Waals surface area contributed by atoms with Gasteiger partial charge in [0.25, 0.3) is 11.6 Å². The lowest BCUT2D eigenvalue weighted by Gasteiger charge is -2.13. The molecule has 0 atom stereocenters. The molecule has 1 N–H and O–H groups in total. The van der Waals surface area contributed by atoms with Gasteiger partial charge in [-0.2, -0.15) is 0 Å². The maximum atomic E-state index is 12.3. The molecule has 0 saturated carbocycles. The number of aryl methyl sites for hydroxylation is 2. The van der Waals surface area contributed by atoms with Gasteiger partial charge in [-0.05, 0) is 56.7 Å². The summed E-state index contributed by atoms with van der Waals surface area (Å²) >= 11 is 3.31. The Morgan fingerprint density at radius 1 is 1.14 bits per heavy atom. The average molecular weight is 363 g/mol. The van der Waals surface area contributed by atoms with Crippen LogP contribution in [0.2, 0.25) is 0 Å². The molecule has 0 aromatic heterocycles. The second-order valence-electron chi connectivity index (χ2n) is 5.08. The molecule has 0 bridgehead atoms. The fraction of sp³-hybridized carbons (Fsp3) is 0.188. The smallest absolute Gasteiger partial charge is 0.277 e. The number of hydrogen-bond acceptors (Lipinski definition) is 3. The van der Waals surface area contributed by atoms with Crippen LogP contribution in [0.5, 0.6) is 0 Å². The molecule has 2 aromatic rings. The van der Waals surface area contributed by atoms with Crippen molar-refractivity contribution in [1.82, 2.24) is 0 Å². The number of amides is 1. The van der Waals surface area contributed by atoms with E-state index >= 15 is 0 Å². The molecule has 6 heteroatoms. The maximum Gasteiger partial charge on any atom is 0.277 e.